The summed E-state index contributed by atoms with van der Waals surface area (Å²) in [5.41, 5.74) is 0.480. The maximum absolute atomic E-state index is 2.32. The number of hydrogen-bond acceptors (Lipinski definition) is 0. The summed E-state index contributed by atoms with van der Waals surface area (Å²) >= 11 is 0. The zero-order valence-corrected chi connectivity index (χ0v) is 7.65. The van der Waals surface area contributed by atoms with Crippen LogP contribution in [0.2, 0.25) is 0 Å². The normalized spacial score (nSPS) is 14.7. The Balaban J connectivity index is 0. The Labute approximate surface area is 67.0 Å². The molecule has 0 heteroatoms. The number of rotatable bonds is 1. The van der Waals surface area contributed by atoms with E-state index in [1.165, 1.54) is 0 Å². The first-order valence-electron chi connectivity index (χ1n) is 3.85. The van der Waals surface area contributed by atoms with Gasteiger partial charge in [0.1, 0.15) is 0 Å². The molecule has 0 aromatic rings. The second-order valence-corrected chi connectivity index (χ2v) is 4.40. The Hall–Kier alpha value is 0. The SMILES string of the molecule is C.CC(C)[C@H](C)C(C)(C)C. The molecular weight excluding hydrogens is 120 g/mol. The first-order valence-corrected chi connectivity index (χ1v) is 3.85. The highest BCUT2D eigenvalue weighted by atomic mass is 14.3. The molecule has 0 unspecified atom stereocenters. The molecule has 0 rings (SSSR count). The van der Waals surface area contributed by atoms with Crippen LogP contribution in [0.1, 0.15) is 49.0 Å². The van der Waals surface area contributed by atoms with E-state index in [-0.39, 0.29) is 7.43 Å². The maximum Gasteiger partial charge on any atom is -0.0354 e. The lowest BCUT2D eigenvalue weighted by atomic mass is 9.76. The summed E-state index contributed by atoms with van der Waals surface area (Å²) in [6, 6.07) is 0. The van der Waals surface area contributed by atoms with Crippen LogP contribution in [-0.4, -0.2) is 0 Å². The summed E-state index contributed by atoms with van der Waals surface area (Å²) in [5.74, 6) is 1.63. The first-order chi connectivity index (χ1) is 3.85. The fraction of sp³-hybridized carbons (Fsp3) is 1.00. The van der Waals surface area contributed by atoms with Crippen molar-refractivity contribution < 1.29 is 0 Å². The summed E-state index contributed by atoms with van der Waals surface area (Å²) in [6.07, 6.45) is 0. The predicted molar refractivity (Wildman–Crippen MR) is 50.2 cm³/mol. The minimum absolute atomic E-state index is 0. The molecule has 0 aliphatic carbocycles. The topological polar surface area (TPSA) is 0 Å². The van der Waals surface area contributed by atoms with Gasteiger partial charge < -0.3 is 0 Å². The van der Waals surface area contributed by atoms with Gasteiger partial charge in [-0.3, -0.25) is 0 Å². The van der Waals surface area contributed by atoms with Crippen LogP contribution in [0.25, 0.3) is 0 Å². The van der Waals surface area contributed by atoms with E-state index < -0.39 is 0 Å². The second-order valence-electron chi connectivity index (χ2n) is 4.40. The molecule has 0 nitrogen and oxygen atoms in total. The van der Waals surface area contributed by atoms with Crippen LogP contribution >= 0.6 is 0 Å². The Morgan fingerprint density at radius 1 is 0.900 bits per heavy atom. The number of hydrogen-bond donors (Lipinski definition) is 0. The molecule has 0 N–H and O–H groups in total. The van der Waals surface area contributed by atoms with E-state index >= 15 is 0 Å². The molecule has 0 aliphatic rings. The minimum atomic E-state index is 0. The van der Waals surface area contributed by atoms with Crippen LogP contribution in [0.15, 0.2) is 0 Å². The standard InChI is InChI=1S/C9H20.CH4/c1-7(2)8(3)9(4,5)6;/h7-8H,1-6H3;1H4/t8-;/m0./s1. The van der Waals surface area contributed by atoms with E-state index in [9.17, 15) is 0 Å². The average molecular weight is 144 g/mol. The van der Waals surface area contributed by atoms with Crippen molar-refractivity contribution in [2.45, 2.75) is 49.0 Å². The molecule has 0 spiro atoms. The Morgan fingerprint density at radius 2 is 1.20 bits per heavy atom. The highest BCUT2D eigenvalue weighted by Gasteiger charge is 2.22. The van der Waals surface area contributed by atoms with Gasteiger partial charge in [0.15, 0.2) is 0 Å². The van der Waals surface area contributed by atoms with Gasteiger partial charge in [0.2, 0.25) is 0 Å². The van der Waals surface area contributed by atoms with Crippen LogP contribution in [0.5, 0.6) is 0 Å². The second kappa shape index (κ2) is 4.00. The van der Waals surface area contributed by atoms with Gasteiger partial charge in [-0.25, -0.2) is 0 Å². The zero-order chi connectivity index (χ0) is 7.65. The highest BCUT2D eigenvalue weighted by Crippen LogP contribution is 2.30. The quantitative estimate of drug-likeness (QED) is 0.522. The highest BCUT2D eigenvalue weighted by molar-refractivity contribution is 4.71. The van der Waals surface area contributed by atoms with Gasteiger partial charge in [0, 0.05) is 0 Å². The van der Waals surface area contributed by atoms with E-state index in [1.807, 2.05) is 0 Å². The van der Waals surface area contributed by atoms with Crippen LogP contribution in [0.4, 0.5) is 0 Å². The smallest absolute Gasteiger partial charge is 0.0354 e. The minimum Gasteiger partial charge on any atom is -0.0776 e. The fourth-order valence-electron chi connectivity index (χ4n) is 1.00. The maximum atomic E-state index is 2.32. The molecule has 1 atom stereocenters. The van der Waals surface area contributed by atoms with Crippen molar-refractivity contribution >= 4 is 0 Å². The third-order valence-electron chi connectivity index (χ3n) is 2.37. The Bertz CT molecular complexity index is 74.5. The van der Waals surface area contributed by atoms with Gasteiger partial charge >= 0.3 is 0 Å². The van der Waals surface area contributed by atoms with Gasteiger partial charge in [-0.2, -0.15) is 0 Å². The Morgan fingerprint density at radius 3 is 1.20 bits per heavy atom. The van der Waals surface area contributed by atoms with Crippen molar-refractivity contribution in [1.29, 1.82) is 0 Å². The lowest BCUT2D eigenvalue weighted by Gasteiger charge is -2.30. The molecule has 0 radical (unpaired) electrons. The molecule has 0 aromatic heterocycles. The predicted octanol–water partition coefficient (Wildman–Crippen LogP) is 3.96. The summed E-state index contributed by atoms with van der Waals surface area (Å²) in [6.45, 7) is 13.8. The zero-order valence-electron chi connectivity index (χ0n) is 7.65. The van der Waals surface area contributed by atoms with Gasteiger partial charge in [-0.1, -0.05) is 49.0 Å². The van der Waals surface area contributed by atoms with Crippen molar-refractivity contribution in [3.8, 4) is 0 Å². The molecule has 0 aliphatic heterocycles. The molecule has 0 saturated heterocycles. The van der Waals surface area contributed by atoms with Crippen LogP contribution in [0.3, 0.4) is 0 Å². The van der Waals surface area contributed by atoms with E-state index in [4.69, 9.17) is 0 Å². The van der Waals surface area contributed by atoms with Crippen molar-refractivity contribution in [3.63, 3.8) is 0 Å². The van der Waals surface area contributed by atoms with E-state index in [0.717, 1.165) is 11.8 Å². The molecule has 0 amide bonds. The summed E-state index contributed by atoms with van der Waals surface area (Å²) in [5, 5.41) is 0. The van der Waals surface area contributed by atoms with Crippen molar-refractivity contribution in [2.24, 2.45) is 17.3 Å². The first kappa shape index (κ1) is 12.7. The molecule has 0 aromatic carbocycles. The van der Waals surface area contributed by atoms with Crippen molar-refractivity contribution in [3.05, 3.63) is 0 Å². The molecular formula is C10H24. The van der Waals surface area contributed by atoms with E-state index in [2.05, 4.69) is 41.5 Å². The molecule has 0 bridgehead atoms. The summed E-state index contributed by atoms with van der Waals surface area (Å²) in [7, 11) is 0. The van der Waals surface area contributed by atoms with E-state index in [0.29, 0.717) is 5.41 Å². The summed E-state index contributed by atoms with van der Waals surface area (Å²) < 4.78 is 0. The fourth-order valence-corrected chi connectivity index (χ4v) is 1.00. The van der Waals surface area contributed by atoms with Crippen LogP contribution < -0.4 is 0 Å². The van der Waals surface area contributed by atoms with Crippen molar-refractivity contribution in [1.82, 2.24) is 0 Å². The summed E-state index contributed by atoms with van der Waals surface area (Å²) in [4.78, 5) is 0. The molecule has 64 valence electrons. The molecule has 0 fully saturated rings. The molecule has 10 heavy (non-hydrogen) atoms. The van der Waals surface area contributed by atoms with Gasteiger partial charge in [-0.15, -0.1) is 0 Å². The Kier molecular flexibility index (Phi) is 5.06. The van der Waals surface area contributed by atoms with Gasteiger partial charge in [-0.05, 0) is 17.3 Å². The van der Waals surface area contributed by atoms with Crippen LogP contribution in [0, 0.1) is 17.3 Å². The van der Waals surface area contributed by atoms with Gasteiger partial charge in [0.05, 0.1) is 0 Å². The third-order valence-corrected chi connectivity index (χ3v) is 2.37. The lowest BCUT2D eigenvalue weighted by molar-refractivity contribution is 0.199. The average Bonchev–Trinajstić information content (AvgIpc) is 1.62. The van der Waals surface area contributed by atoms with Crippen LogP contribution in [-0.2, 0) is 0 Å². The lowest BCUT2D eigenvalue weighted by Crippen LogP contribution is -2.21. The molecule has 0 heterocycles. The van der Waals surface area contributed by atoms with Crippen molar-refractivity contribution in [2.75, 3.05) is 0 Å². The third kappa shape index (κ3) is 3.92. The molecule has 0 saturated carbocycles. The largest absolute Gasteiger partial charge is 0.0776 e. The van der Waals surface area contributed by atoms with Gasteiger partial charge in [0.25, 0.3) is 0 Å². The monoisotopic (exact) mass is 144 g/mol. The van der Waals surface area contributed by atoms with E-state index in [1.54, 1.807) is 0 Å².